The average molecular weight is 488 g/mol. The number of benzene rings is 3. The molecule has 1 heterocycles. The van der Waals surface area contributed by atoms with Crippen LogP contribution in [0.25, 0.3) is 11.3 Å². The molecule has 4 aromatic rings. The Morgan fingerprint density at radius 1 is 1.00 bits per heavy atom. The number of anilines is 2. The summed E-state index contributed by atoms with van der Waals surface area (Å²) in [4.78, 5) is 32.1. The fraction of sp³-hybridized carbons (Fsp3) is 0.179. The Bertz CT molecular complexity index is 1320. The van der Waals surface area contributed by atoms with Gasteiger partial charge in [-0.1, -0.05) is 36.4 Å². The molecule has 1 N–H and O–H groups in total. The van der Waals surface area contributed by atoms with Gasteiger partial charge < -0.3 is 5.32 Å². The number of carbonyl (C=O) groups excluding carboxylic acids is 2. The second kappa shape index (κ2) is 10.6. The maximum atomic E-state index is 13.8. The lowest BCUT2D eigenvalue weighted by molar-refractivity contribution is -0.121. The van der Waals surface area contributed by atoms with Gasteiger partial charge in [0.15, 0.2) is 5.13 Å². The summed E-state index contributed by atoms with van der Waals surface area (Å²) in [6.45, 7) is 5.40. The Balaban J connectivity index is 1.72. The third kappa shape index (κ3) is 6.00. The van der Waals surface area contributed by atoms with Gasteiger partial charge in [-0.25, -0.2) is 9.37 Å². The lowest BCUT2D eigenvalue weighted by Crippen LogP contribution is -2.33. The van der Waals surface area contributed by atoms with Crippen LogP contribution in [0, 0.1) is 19.7 Å². The molecule has 4 rings (SSSR count). The molecule has 0 aliphatic rings. The third-order valence-electron chi connectivity index (χ3n) is 5.50. The molecule has 1 unspecified atom stereocenters. The van der Waals surface area contributed by atoms with E-state index in [4.69, 9.17) is 4.98 Å². The van der Waals surface area contributed by atoms with Gasteiger partial charge in [0.05, 0.1) is 23.8 Å². The molecule has 3 aromatic carbocycles. The normalized spacial score (nSPS) is 11.7. The summed E-state index contributed by atoms with van der Waals surface area (Å²) in [6.07, 6.45) is 0.0576. The summed E-state index contributed by atoms with van der Waals surface area (Å²) in [6, 6.07) is 21.0. The van der Waals surface area contributed by atoms with Crippen LogP contribution >= 0.6 is 11.3 Å². The van der Waals surface area contributed by atoms with Crippen LogP contribution in [0.5, 0.6) is 0 Å². The monoisotopic (exact) mass is 487 g/mol. The first kappa shape index (κ1) is 24.3. The van der Waals surface area contributed by atoms with Crippen molar-refractivity contribution in [3.63, 3.8) is 0 Å². The molecule has 0 bridgehead atoms. The molecule has 7 heteroatoms. The smallest absolute Gasteiger partial charge is 0.235 e. The summed E-state index contributed by atoms with van der Waals surface area (Å²) in [5, 5.41) is 5.27. The molecule has 0 aliphatic heterocycles. The number of rotatable bonds is 7. The minimum Gasteiger partial charge on any atom is -0.349 e. The predicted octanol–water partition coefficient (Wildman–Crippen LogP) is 6.50. The van der Waals surface area contributed by atoms with Crippen LogP contribution in [0.1, 0.15) is 36.1 Å². The summed E-state index contributed by atoms with van der Waals surface area (Å²) in [5.41, 5.74) is 5.03. The first-order chi connectivity index (χ1) is 16.8. The largest absolute Gasteiger partial charge is 0.349 e. The number of thiazole rings is 1. The van der Waals surface area contributed by atoms with Crippen LogP contribution < -0.4 is 10.2 Å². The number of hydrogen-bond donors (Lipinski definition) is 1. The second-order valence-corrected chi connectivity index (χ2v) is 9.30. The van der Waals surface area contributed by atoms with Crippen molar-refractivity contribution < 1.29 is 14.0 Å². The molecule has 0 saturated heterocycles. The summed E-state index contributed by atoms with van der Waals surface area (Å²) in [7, 11) is 0. The molecule has 178 valence electrons. The van der Waals surface area contributed by atoms with Gasteiger partial charge in [0.2, 0.25) is 11.8 Å². The molecule has 2 amide bonds. The molecule has 5 nitrogen and oxygen atoms in total. The number of aryl methyl sites for hydroxylation is 2. The topological polar surface area (TPSA) is 62.3 Å². The predicted molar refractivity (Wildman–Crippen MR) is 138 cm³/mol. The van der Waals surface area contributed by atoms with Crippen molar-refractivity contribution in [1.82, 2.24) is 10.3 Å². The van der Waals surface area contributed by atoms with Gasteiger partial charge in [0, 0.05) is 17.9 Å². The number of halogens is 1. The summed E-state index contributed by atoms with van der Waals surface area (Å²) >= 11 is 1.34. The maximum absolute atomic E-state index is 13.8. The Morgan fingerprint density at radius 3 is 2.29 bits per heavy atom. The van der Waals surface area contributed by atoms with Crippen LogP contribution in [0.15, 0.2) is 78.2 Å². The van der Waals surface area contributed by atoms with E-state index >= 15 is 0 Å². The fourth-order valence-corrected chi connectivity index (χ4v) is 4.88. The van der Waals surface area contributed by atoms with E-state index in [1.807, 2.05) is 67.8 Å². The van der Waals surface area contributed by atoms with Gasteiger partial charge in [-0.05, 0) is 66.9 Å². The van der Waals surface area contributed by atoms with Crippen LogP contribution in [-0.4, -0.2) is 16.8 Å². The SMILES string of the molecule is CC(=O)NC(CC(=O)N(c1cc(C)cc(C)c1)c1nc(-c2ccc(F)cc2)cs1)c1ccccc1. The van der Waals surface area contributed by atoms with E-state index in [2.05, 4.69) is 5.32 Å². The molecule has 0 fully saturated rings. The zero-order chi connectivity index (χ0) is 24.9. The van der Waals surface area contributed by atoms with Crippen LogP contribution in [0.2, 0.25) is 0 Å². The van der Waals surface area contributed by atoms with E-state index in [0.717, 1.165) is 22.3 Å². The van der Waals surface area contributed by atoms with E-state index in [-0.39, 0.29) is 24.1 Å². The van der Waals surface area contributed by atoms with Crippen molar-refractivity contribution >= 4 is 34.0 Å². The fourth-order valence-electron chi connectivity index (χ4n) is 4.01. The molecule has 0 spiro atoms. The summed E-state index contributed by atoms with van der Waals surface area (Å²) < 4.78 is 13.4. The van der Waals surface area contributed by atoms with Gasteiger partial charge in [0.25, 0.3) is 0 Å². The molecule has 1 atom stereocenters. The molecule has 0 saturated carbocycles. The van der Waals surface area contributed by atoms with Crippen molar-refractivity contribution in [1.29, 1.82) is 0 Å². The lowest BCUT2D eigenvalue weighted by atomic mass is 10.0. The highest BCUT2D eigenvalue weighted by Crippen LogP contribution is 2.35. The Labute approximate surface area is 208 Å². The highest BCUT2D eigenvalue weighted by molar-refractivity contribution is 7.14. The molecule has 0 radical (unpaired) electrons. The zero-order valence-electron chi connectivity index (χ0n) is 19.8. The number of nitrogens with zero attached hydrogens (tertiary/aromatic N) is 2. The molecule has 1 aromatic heterocycles. The van der Waals surface area contributed by atoms with Gasteiger partial charge in [-0.15, -0.1) is 11.3 Å². The summed E-state index contributed by atoms with van der Waals surface area (Å²) in [5.74, 6) is -0.726. The second-order valence-electron chi connectivity index (χ2n) is 8.47. The minimum atomic E-state index is -0.480. The number of aromatic nitrogens is 1. The highest BCUT2D eigenvalue weighted by atomic mass is 32.1. The molecule has 35 heavy (non-hydrogen) atoms. The number of nitrogens with one attached hydrogen (secondary N) is 1. The van der Waals surface area contributed by atoms with Crippen molar-refractivity contribution in [3.05, 3.63) is 101 Å². The first-order valence-corrected chi connectivity index (χ1v) is 12.1. The van der Waals surface area contributed by atoms with Crippen LogP contribution in [0.3, 0.4) is 0 Å². The van der Waals surface area contributed by atoms with Gasteiger partial charge in [-0.2, -0.15) is 0 Å². The van der Waals surface area contributed by atoms with Crippen molar-refractivity contribution in [2.75, 3.05) is 4.90 Å². The Kier molecular flexibility index (Phi) is 7.36. The van der Waals surface area contributed by atoms with Crippen LogP contribution in [0.4, 0.5) is 15.2 Å². The maximum Gasteiger partial charge on any atom is 0.235 e. The average Bonchev–Trinajstić information content (AvgIpc) is 3.28. The zero-order valence-corrected chi connectivity index (χ0v) is 20.6. The molecule has 0 aliphatic carbocycles. The van der Waals surface area contributed by atoms with Crippen molar-refractivity contribution in [2.45, 2.75) is 33.2 Å². The van der Waals surface area contributed by atoms with Crippen molar-refractivity contribution in [3.8, 4) is 11.3 Å². The molecular formula is C28H26FN3O2S. The quantitative estimate of drug-likeness (QED) is 0.324. The van der Waals surface area contributed by atoms with E-state index in [0.29, 0.717) is 16.5 Å². The number of carbonyl (C=O) groups is 2. The van der Waals surface area contributed by atoms with E-state index in [1.54, 1.807) is 17.0 Å². The van der Waals surface area contributed by atoms with E-state index in [1.165, 1.54) is 30.4 Å². The number of amides is 2. The minimum absolute atomic E-state index is 0.0576. The molecular weight excluding hydrogens is 461 g/mol. The standard InChI is InChI=1S/C28H26FN3O2S/c1-18-13-19(2)15-24(14-18)32(28-31-26(17-35-28)22-9-11-23(29)12-10-22)27(34)16-25(30-20(3)33)21-7-5-4-6-8-21/h4-15,17,25H,16H2,1-3H3,(H,30,33). The first-order valence-electron chi connectivity index (χ1n) is 11.2. The van der Waals surface area contributed by atoms with Gasteiger partial charge in [-0.3, -0.25) is 14.5 Å². The third-order valence-corrected chi connectivity index (χ3v) is 6.32. The Morgan fingerprint density at radius 2 is 1.66 bits per heavy atom. The van der Waals surface area contributed by atoms with E-state index in [9.17, 15) is 14.0 Å². The highest BCUT2D eigenvalue weighted by Gasteiger charge is 2.26. The van der Waals surface area contributed by atoms with Gasteiger partial charge in [0.1, 0.15) is 5.82 Å². The van der Waals surface area contributed by atoms with Gasteiger partial charge >= 0.3 is 0 Å². The Hall–Kier alpha value is -3.84. The van der Waals surface area contributed by atoms with E-state index < -0.39 is 6.04 Å². The van der Waals surface area contributed by atoms with Crippen LogP contribution in [-0.2, 0) is 9.59 Å². The number of hydrogen-bond acceptors (Lipinski definition) is 4. The lowest BCUT2D eigenvalue weighted by Gasteiger charge is -2.25. The van der Waals surface area contributed by atoms with Crippen molar-refractivity contribution in [2.24, 2.45) is 0 Å².